The van der Waals surface area contributed by atoms with Crippen LogP contribution >= 0.6 is 11.6 Å². The Morgan fingerprint density at radius 3 is 2.45 bits per heavy atom. The lowest BCUT2D eigenvalue weighted by Gasteiger charge is -2.06. The number of rotatable bonds is 3. The van der Waals surface area contributed by atoms with Crippen LogP contribution in [0, 0.1) is 0 Å². The van der Waals surface area contributed by atoms with Crippen molar-refractivity contribution < 1.29 is 9.90 Å². The average molecular weight is 315 g/mol. The highest BCUT2D eigenvalue weighted by molar-refractivity contribution is 6.30. The number of carbonyl (C=O) groups is 1. The predicted molar refractivity (Wildman–Crippen MR) is 86.7 cm³/mol. The Labute approximate surface area is 133 Å². The summed E-state index contributed by atoms with van der Waals surface area (Å²) in [7, 11) is 0. The van der Waals surface area contributed by atoms with Crippen molar-refractivity contribution in [3.63, 3.8) is 0 Å². The van der Waals surface area contributed by atoms with Gasteiger partial charge in [0.1, 0.15) is 11.3 Å². The van der Waals surface area contributed by atoms with Crippen molar-refractivity contribution in [1.82, 2.24) is 9.38 Å². The summed E-state index contributed by atoms with van der Waals surface area (Å²) in [6, 6.07) is 11.2. The van der Waals surface area contributed by atoms with E-state index in [0.717, 1.165) is 5.56 Å². The lowest BCUT2D eigenvalue weighted by Crippen LogP contribution is -2.03. The van der Waals surface area contributed by atoms with Crippen LogP contribution in [0.25, 0.3) is 16.9 Å². The number of benzene rings is 1. The van der Waals surface area contributed by atoms with Crippen LogP contribution < -0.4 is 0 Å². The second-order valence-corrected chi connectivity index (χ2v) is 5.90. The predicted octanol–water partition coefficient (Wildman–Crippen LogP) is 4.48. The first-order valence-electron chi connectivity index (χ1n) is 6.98. The number of aromatic nitrogens is 2. The van der Waals surface area contributed by atoms with Crippen LogP contribution in [0.2, 0.25) is 5.02 Å². The van der Waals surface area contributed by atoms with Gasteiger partial charge in [-0.05, 0) is 23.6 Å². The van der Waals surface area contributed by atoms with Gasteiger partial charge in [0.25, 0.3) is 0 Å². The van der Waals surface area contributed by atoms with Gasteiger partial charge in [0.05, 0.1) is 5.02 Å². The van der Waals surface area contributed by atoms with Crippen molar-refractivity contribution in [1.29, 1.82) is 0 Å². The number of imidazole rings is 1. The molecule has 22 heavy (non-hydrogen) atoms. The summed E-state index contributed by atoms with van der Waals surface area (Å²) >= 11 is 5.96. The number of halogens is 1. The van der Waals surface area contributed by atoms with Gasteiger partial charge in [0.15, 0.2) is 5.69 Å². The second-order valence-electron chi connectivity index (χ2n) is 5.47. The minimum absolute atomic E-state index is 0.120. The third-order valence-electron chi connectivity index (χ3n) is 3.64. The minimum Gasteiger partial charge on any atom is -0.476 e. The molecule has 0 saturated carbocycles. The summed E-state index contributed by atoms with van der Waals surface area (Å²) in [5.74, 6) is -0.606. The molecule has 2 heterocycles. The molecule has 1 aromatic carbocycles. The smallest absolute Gasteiger partial charge is 0.355 e. The van der Waals surface area contributed by atoms with Gasteiger partial charge < -0.3 is 5.11 Å². The Hall–Kier alpha value is -2.33. The van der Waals surface area contributed by atoms with Crippen LogP contribution in [0.4, 0.5) is 0 Å². The van der Waals surface area contributed by atoms with E-state index in [1.165, 1.54) is 9.96 Å². The van der Waals surface area contributed by atoms with Crippen molar-refractivity contribution in [3.8, 4) is 11.3 Å². The number of hydrogen-bond acceptors (Lipinski definition) is 2. The van der Waals surface area contributed by atoms with Gasteiger partial charge in [-0.3, -0.25) is 4.40 Å². The molecule has 2 aromatic heterocycles. The van der Waals surface area contributed by atoms with Crippen LogP contribution in [0.15, 0.2) is 42.6 Å². The molecule has 5 heteroatoms. The fourth-order valence-electron chi connectivity index (χ4n) is 2.45. The van der Waals surface area contributed by atoms with Gasteiger partial charge in [-0.15, -0.1) is 0 Å². The number of fused-ring (bicyclic) bond motifs is 1. The van der Waals surface area contributed by atoms with E-state index >= 15 is 0 Å². The van der Waals surface area contributed by atoms with Gasteiger partial charge in [-0.2, -0.15) is 0 Å². The van der Waals surface area contributed by atoms with E-state index in [9.17, 15) is 9.90 Å². The average Bonchev–Trinajstić information content (AvgIpc) is 2.85. The molecule has 0 spiro atoms. The SMILES string of the molecule is CC(C)c1ccc(-c2nc3ccc(Cl)cn3c2C(=O)O)cc1. The van der Waals surface area contributed by atoms with Crippen molar-refractivity contribution in [2.45, 2.75) is 19.8 Å². The Morgan fingerprint density at radius 2 is 1.86 bits per heavy atom. The summed E-state index contributed by atoms with van der Waals surface area (Å²) in [5.41, 5.74) is 3.11. The first-order valence-corrected chi connectivity index (χ1v) is 7.36. The topological polar surface area (TPSA) is 54.6 Å². The van der Waals surface area contributed by atoms with Crippen LogP contribution in [-0.4, -0.2) is 20.5 Å². The van der Waals surface area contributed by atoms with Crippen molar-refractivity contribution in [2.24, 2.45) is 0 Å². The molecule has 1 N–H and O–H groups in total. The molecule has 0 amide bonds. The molecule has 112 valence electrons. The van der Waals surface area contributed by atoms with Gasteiger partial charge >= 0.3 is 5.97 Å². The molecule has 4 nitrogen and oxygen atoms in total. The van der Waals surface area contributed by atoms with E-state index in [1.54, 1.807) is 18.3 Å². The van der Waals surface area contributed by atoms with Crippen molar-refractivity contribution in [3.05, 3.63) is 58.9 Å². The first kappa shape index (κ1) is 14.6. The molecule has 3 aromatic rings. The Kier molecular flexibility index (Phi) is 3.62. The molecular formula is C17H15ClN2O2. The van der Waals surface area contributed by atoms with E-state index in [4.69, 9.17) is 11.6 Å². The normalized spacial score (nSPS) is 11.3. The molecule has 0 fully saturated rings. The molecule has 0 atom stereocenters. The Morgan fingerprint density at radius 1 is 1.18 bits per heavy atom. The summed E-state index contributed by atoms with van der Waals surface area (Å²) < 4.78 is 1.51. The maximum atomic E-state index is 11.7. The molecule has 3 rings (SSSR count). The van der Waals surface area contributed by atoms with Gasteiger partial charge in [0.2, 0.25) is 0 Å². The van der Waals surface area contributed by atoms with E-state index in [1.807, 2.05) is 24.3 Å². The van der Waals surface area contributed by atoms with E-state index < -0.39 is 5.97 Å². The highest BCUT2D eigenvalue weighted by Crippen LogP contribution is 2.27. The number of aromatic carboxylic acids is 1. The van der Waals surface area contributed by atoms with Gasteiger partial charge in [-0.1, -0.05) is 49.7 Å². The summed E-state index contributed by atoms with van der Waals surface area (Å²) in [5, 5.41) is 10.0. The lowest BCUT2D eigenvalue weighted by atomic mass is 10.0. The van der Waals surface area contributed by atoms with Gasteiger partial charge in [-0.25, -0.2) is 9.78 Å². The minimum atomic E-state index is -1.03. The second kappa shape index (κ2) is 5.46. The standard InChI is InChI=1S/C17H15ClN2O2/c1-10(2)11-3-5-12(6-4-11)15-16(17(21)22)20-9-13(18)7-8-14(20)19-15/h3-10H,1-2H3,(H,21,22). The summed E-state index contributed by atoms with van der Waals surface area (Å²) in [4.78, 5) is 16.1. The van der Waals surface area contributed by atoms with E-state index in [0.29, 0.717) is 22.3 Å². The number of nitrogens with zero attached hydrogens (tertiary/aromatic N) is 2. The molecule has 0 unspecified atom stereocenters. The zero-order valence-electron chi connectivity index (χ0n) is 12.2. The highest BCUT2D eigenvalue weighted by Gasteiger charge is 2.20. The number of carboxylic acids is 1. The molecular weight excluding hydrogens is 300 g/mol. The number of carboxylic acid groups (broad SMARTS) is 1. The Balaban J connectivity index is 2.21. The van der Waals surface area contributed by atoms with Crippen LogP contribution in [0.1, 0.15) is 35.8 Å². The van der Waals surface area contributed by atoms with E-state index in [-0.39, 0.29) is 5.69 Å². The van der Waals surface area contributed by atoms with Crippen molar-refractivity contribution >= 4 is 23.2 Å². The zero-order chi connectivity index (χ0) is 15.9. The molecule has 0 bridgehead atoms. The Bertz CT molecular complexity index is 851. The first-order chi connectivity index (χ1) is 10.5. The lowest BCUT2D eigenvalue weighted by molar-refractivity contribution is 0.0690. The number of hydrogen-bond donors (Lipinski definition) is 1. The highest BCUT2D eigenvalue weighted by atomic mass is 35.5. The summed E-state index contributed by atoms with van der Waals surface area (Å²) in [6.07, 6.45) is 1.57. The summed E-state index contributed by atoms with van der Waals surface area (Å²) in [6.45, 7) is 4.23. The number of pyridine rings is 1. The molecule has 0 radical (unpaired) electrons. The monoisotopic (exact) mass is 314 g/mol. The third kappa shape index (κ3) is 2.46. The van der Waals surface area contributed by atoms with Crippen LogP contribution in [0.5, 0.6) is 0 Å². The van der Waals surface area contributed by atoms with Crippen LogP contribution in [-0.2, 0) is 0 Å². The molecule has 0 aliphatic heterocycles. The fraction of sp³-hybridized carbons (Fsp3) is 0.176. The maximum absolute atomic E-state index is 11.7. The quantitative estimate of drug-likeness (QED) is 0.775. The maximum Gasteiger partial charge on any atom is 0.355 e. The van der Waals surface area contributed by atoms with E-state index in [2.05, 4.69) is 18.8 Å². The molecule has 0 saturated heterocycles. The zero-order valence-corrected chi connectivity index (χ0v) is 13.0. The molecule has 0 aliphatic rings. The largest absolute Gasteiger partial charge is 0.476 e. The van der Waals surface area contributed by atoms with Gasteiger partial charge in [0, 0.05) is 11.8 Å². The third-order valence-corrected chi connectivity index (χ3v) is 3.86. The molecule has 0 aliphatic carbocycles. The van der Waals surface area contributed by atoms with Crippen molar-refractivity contribution in [2.75, 3.05) is 0 Å². The van der Waals surface area contributed by atoms with Crippen LogP contribution in [0.3, 0.4) is 0 Å². The fourth-order valence-corrected chi connectivity index (χ4v) is 2.61.